The van der Waals surface area contributed by atoms with Gasteiger partial charge in [0.15, 0.2) is 0 Å². The number of rotatable bonds is 2. The largest absolute Gasteiger partial charge is 0.381 e. The zero-order valence-corrected chi connectivity index (χ0v) is 13.9. The van der Waals surface area contributed by atoms with Gasteiger partial charge in [0, 0.05) is 31.9 Å². The van der Waals surface area contributed by atoms with Crippen molar-refractivity contribution in [3.63, 3.8) is 0 Å². The van der Waals surface area contributed by atoms with Crippen molar-refractivity contribution in [2.45, 2.75) is 25.7 Å². The zero-order chi connectivity index (χ0) is 16.6. The maximum atomic E-state index is 13.1. The van der Waals surface area contributed by atoms with Gasteiger partial charge in [0.2, 0.25) is 11.8 Å². The summed E-state index contributed by atoms with van der Waals surface area (Å²) in [6.45, 7) is 3.31. The number of piperidine rings is 1. The summed E-state index contributed by atoms with van der Waals surface area (Å²) < 4.78 is 5.36. The molecule has 1 aromatic rings. The number of carbonyl (C=O) groups excluding carboxylic acids is 2. The molecule has 3 aliphatic rings. The highest BCUT2D eigenvalue weighted by Gasteiger charge is 2.50. The van der Waals surface area contributed by atoms with Gasteiger partial charge in [-0.2, -0.15) is 0 Å². The van der Waals surface area contributed by atoms with Gasteiger partial charge in [-0.05, 0) is 37.8 Å². The molecule has 2 unspecified atom stereocenters. The van der Waals surface area contributed by atoms with Gasteiger partial charge in [-0.1, -0.05) is 18.2 Å². The van der Waals surface area contributed by atoms with Gasteiger partial charge in [-0.3, -0.25) is 9.59 Å². The summed E-state index contributed by atoms with van der Waals surface area (Å²) in [5.74, 6) is 0.355. The zero-order valence-electron chi connectivity index (χ0n) is 13.9. The van der Waals surface area contributed by atoms with E-state index in [4.69, 9.17) is 4.74 Å². The van der Waals surface area contributed by atoms with Gasteiger partial charge in [0.05, 0.1) is 17.9 Å². The van der Waals surface area contributed by atoms with E-state index in [1.807, 2.05) is 40.1 Å². The predicted octanol–water partition coefficient (Wildman–Crippen LogP) is 2.07. The van der Waals surface area contributed by atoms with Gasteiger partial charge in [0.25, 0.3) is 0 Å². The summed E-state index contributed by atoms with van der Waals surface area (Å²) in [5, 5.41) is 0. The molecule has 0 aromatic heterocycles. The van der Waals surface area contributed by atoms with E-state index in [1.165, 1.54) is 0 Å². The number of carbonyl (C=O) groups is 2. The third-order valence-corrected chi connectivity index (χ3v) is 5.75. The molecule has 5 heteroatoms. The summed E-state index contributed by atoms with van der Waals surface area (Å²) in [5.41, 5.74) is 0.579. The van der Waals surface area contributed by atoms with Crippen LogP contribution in [0.3, 0.4) is 0 Å². The average molecular weight is 328 g/mol. The second-order valence-electron chi connectivity index (χ2n) is 7.25. The molecule has 5 nitrogen and oxygen atoms in total. The Bertz CT molecular complexity index is 627. The molecule has 0 bridgehead atoms. The first kappa shape index (κ1) is 15.6. The topological polar surface area (TPSA) is 49.9 Å². The second-order valence-corrected chi connectivity index (χ2v) is 7.25. The summed E-state index contributed by atoms with van der Waals surface area (Å²) in [6.07, 6.45) is 3.45. The fourth-order valence-electron chi connectivity index (χ4n) is 4.36. The van der Waals surface area contributed by atoms with Crippen LogP contribution in [0.4, 0.5) is 5.69 Å². The van der Waals surface area contributed by atoms with Crippen molar-refractivity contribution in [3.05, 3.63) is 30.3 Å². The quantitative estimate of drug-likeness (QED) is 0.835. The van der Waals surface area contributed by atoms with Crippen molar-refractivity contribution in [2.75, 3.05) is 37.7 Å². The number of hydrogen-bond donors (Lipinski definition) is 0. The molecular formula is C19H24N2O3. The molecular weight excluding hydrogens is 304 g/mol. The fraction of sp³-hybridized carbons (Fsp3) is 0.579. The Morgan fingerprint density at radius 3 is 2.75 bits per heavy atom. The van der Waals surface area contributed by atoms with Crippen LogP contribution in [-0.2, 0) is 14.3 Å². The third-order valence-electron chi connectivity index (χ3n) is 5.75. The maximum Gasteiger partial charge on any atom is 0.235 e. The van der Waals surface area contributed by atoms with Gasteiger partial charge in [0.1, 0.15) is 0 Å². The van der Waals surface area contributed by atoms with E-state index < -0.39 is 0 Å². The standard InChI is InChI=1S/C19H24N2O3/c22-17(15-7-12-24-13-15)20-10-4-8-19(14-20)9-11-21(18(19)23)16-5-2-1-3-6-16/h1-3,5-6,15H,4,7-14H2. The van der Waals surface area contributed by atoms with Gasteiger partial charge >= 0.3 is 0 Å². The minimum atomic E-state index is -0.386. The number of para-hydroxylation sites is 1. The van der Waals surface area contributed by atoms with E-state index >= 15 is 0 Å². The molecule has 3 saturated heterocycles. The van der Waals surface area contributed by atoms with Crippen LogP contribution in [0.2, 0.25) is 0 Å². The first-order chi connectivity index (χ1) is 11.7. The van der Waals surface area contributed by atoms with E-state index in [-0.39, 0.29) is 23.1 Å². The Kier molecular flexibility index (Phi) is 4.04. The molecule has 1 aromatic carbocycles. The van der Waals surface area contributed by atoms with E-state index in [0.717, 1.165) is 44.5 Å². The van der Waals surface area contributed by atoms with Crippen molar-refractivity contribution in [1.82, 2.24) is 4.90 Å². The lowest BCUT2D eigenvalue weighted by Crippen LogP contribution is -2.51. The fourth-order valence-corrected chi connectivity index (χ4v) is 4.36. The molecule has 24 heavy (non-hydrogen) atoms. The molecule has 3 heterocycles. The van der Waals surface area contributed by atoms with Crippen molar-refractivity contribution in [2.24, 2.45) is 11.3 Å². The van der Waals surface area contributed by atoms with E-state index in [0.29, 0.717) is 19.8 Å². The van der Waals surface area contributed by atoms with E-state index in [1.54, 1.807) is 0 Å². The van der Waals surface area contributed by atoms with Crippen LogP contribution in [0.25, 0.3) is 0 Å². The minimum absolute atomic E-state index is 0.0121. The molecule has 128 valence electrons. The van der Waals surface area contributed by atoms with Gasteiger partial charge < -0.3 is 14.5 Å². The van der Waals surface area contributed by atoms with Crippen LogP contribution in [0, 0.1) is 11.3 Å². The lowest BCUT2D eigenvalue weighted by Gasteiger charge is -2.39. The van der Waals surface area contributed by atoms with Crippen molar-refractivity contribution >= 4 is 17.5 Å². The lowest BCUT2D eigenvalue weighted by atomic mass is 9.78. The van der Waals surface area contributed by atoms with Crippen molar-refractivity contribution < 1.29 is 14.3 Å². The van der Waals surface area contributed by atoms with Crippen molar-refractivity contribution in [3.8, 4) is 0 Å². The summed E-state index contributed by atoms with van der Waals surface area (Å²) in [4.78, 5) is 29.7. The van der Waals surface area contributed by atoms with Crippen LogP contribution >= 0.6 is 0 Å². The normalized spacial score (nSPS) is 30.3. The van der Waals surface area contributed by atoms with E-state index in [9.17, 15) is 9.59 Å². The molecule has 2 atom stereocenters. The third kappa shape index (κ3) is 2.61. The molecule has 1 spiro atoms. The summed E-state index contributed by atoms with van der Waals surface area (Å²) in [7, 11) is 0. The first-order valence-corrected chi connectivity index (χ1v) is 8.93. The highest BCUT2D eigenvalue weighted by Crippen LogP contribution is 2.42. The SMILES string of the molecule is O=C(C1CCOC1)N1CCCC2(CCN(c3ccccc3)C2=O)C1. The predicted molar refractivity (Wildman–Crippen MR) is 90.6 cm³/mol. The minimum Gasteiger partial charge on any atom is -0.381 e. The highest BCUT2D eigenvalue weighted by molar-refractivity contribution is 6.00. The number of ether oxygens (including phenoxy) is 1. The molecule has 2 amide bonds. The van der Waals surface area contributed by atoms with Crippen LogP contribution in [0.5, 0.6) is 0 Å². The Morgan fingerprint density at radius 1 is 1.17 bits per heavy atom. The first-order valence-electron chi connectivity index (χ1n) is 8.93. The number of anilines is 1. The number of amides is 2. The summed E-state index contributed by atoms with van der Waals surface area (Å²) in [6, 6.07) is 9.86. The van der Waals surface area contributed by atoms with Crippen LogP contribution in [-0.4, -0.2) is 49.6 Å². The summed E-state index contributed by atoms with van der Waals surface area (Å²) >= 11 is 0. The molecule has 4 rings (SSSR count). The van der Waals surface area contributed by atoms with Crippen LogP contribution < -0.4 is 4.90 Å². The average Bonchev–Trinajstić information content (AvgIpc) is 3.26. The number of likely N-dealkylation sites (tertiary alicyclic amines) is 1. The maximum absolute atomic E-state index is 13.1. The Hall–Kier alpha value is -1.88. The Balaban J connectivity index is 1.50. The smallest absolute Gasteiger partial charge is 0.235 e. The van der Waals surface area contributed by atoms with Crippen molar-refractivity contribution in [1.29, 1.82) is 0 Å². The Labute approximate surface area is 142 Å². The molecule has 3 fully saturated rings. The molecule has 0 aliphatic carbocycles. The monoisotopic (exact) mass is 328 g/mol. The van der Waals surface area contributed by atoms with Gasteiger partial charge in [-0.25, -0.2) is 0 Å². The number of nitrogens with zero attached hydrogens (tertiary/aromatic N) is 2. The second kappa shape index (κ2) is 6.20. The van der Waals surface area contributed by atoms with Crippen LogP contribution in [0.15, 0.2) is 30.3 Å². The highest BCUT2D eigenvalue weighted by atomic mass is 16.5. The molecule has 3 aliphatic heterocycles. The number of hydrogen-bond acceptors (Lipinski definition) is 3. The molecule has 0 N–H and O–H groups in total. The lowest BCUT2D eigenvalue weighted by molar-refractivity contribution is -0.141. The van der Waals surface area contributed by atoms with Gasteiger partial charge in [-0.15, -0.1) is 0 Å². The Morgan fingerprint density at radius 2 is 2.00 bits per heavy atom. The molecule has 0 radical (unpaired) electrons. The number of benzene rings is 1. The van der Waals surface area contributed by atoms with E-state index in [2.05, 4.69) is 0 Å². The van der Waals surface area contributed by atoms with Crippen LogP contribution in [0.1, 0.15) is 25.7 Å². The molecule has 0 saturated carbocycles.